The maximum absolute atomic E-state index is 12.0. The highest BCUT2D eigenvalue weighted by atomic mass is 35.5. The molecule has 0 aliphatic rings. The predicted molar refractivity (Wildman–Crippen MR) is 97.5 cm³/mol. The van der Waals surface area contributed by atoms with E-state index in [1.165, 1.54) is 11.3 Å². The van der Waals surface area contributed by atoms with Gasteiger partial charge in [-0.1, -0.05) is 35.0 Å². The molecule has 0 unspecified atom stereocenters. The van der Waals surface area contributed by atoms with Crippen molar-refractivity contribution in [3.63, 3.8) is 0 Å². The SMILES string of the molecule is O=C(Oc1ccc2c(Cc3ccc(Cl)cc3)noc2c1)c1cccs1. The fraction of sp³-hybridized carbons (Fsp3) is 0.0526. The molecule has 0 bridgehead atoms. The summed E-state index contributed by atoms with van der Waals surface area (Å²) < 4.78 is 10.8. The number of hydrogen-bond acceptors (Lipinski definition) is 5. The molecule has 0 atom stereocenters. The van der Waals surface area contributed by atoms with Crippen LogP contribution in [0.15, 0.2) is 64.5 Å². The molecule has 124 valence electrons. The van der Waals surface area contributed by atoms with Gasteiger partial charge in [0.25, 0.3) is 0 Å². The lowest BCUT2D eigenvalue weighted by atomic mass is 10.1. The van der Waals surface area contributed by atoms with E-state index >= 15 is 0 Å². The summed E-state index contributed by atoms with van der Waals surface area (Å²) in [6.07, 6.45) is 0.637. The number of carbonyl (C=O) groups is 1. The Kier molecular flexibility index (Phi) is 4.26. The summed E-state index contributed by atoms with van der Waals surface area (Å²) in [6.45, 7) is 0. The zero-order chi connectivity index (χ0) is 17.2. The highest BCUT2D eigenvalue weighted by molar-refractivity contribution is 7.12. The molecule has 6 heteroatoms. The summed E-state index contributed by atoms with van der Waals surface area (Å²) in [7, 11) is 0. The molecule has 0 aliphatic heterocycles. The first-order chi connectivity index (χ1) is 12.2. The van der Waals surface area contributed by atoms with E-state index in [1.807, 2.05) is 41.8 Å². The molecule has 4 aromatic rings. The van der Waals surface area contributed by atoms with Crippen LogP contribution in [-0.4, -0.2) is 11.1 Å². The Morgan fingerprint density at radius 1 is 1.16 bits per heavy atom. The van der Waals surface area contributed by atoms with Gasteiger partial charge < -0.3 is 9.26 Å². The maximum Gasteiger partial charge on any atom is 0.353 e. The zero-order valence-corrected chi connectivity index (χ0v) is 14.5. The van der Waals surface area contributed by atoms with Gasteiger partial charge >= 0.3 is 5.97 Å². The first-order valence-electron chi connectivity index (χ1n) is 7.57. The number of carbonyl (C=O) groups excluding carboxylic acids is 1. The molecule has 0 aliphatic carbocycles. The molecule has 0 radical (unpaired) electrons. The van der Waals surface area contributed by atoms with E-state index < -0.39 is 0 Å². The number of hydrogen-bond donors (Lipinski definition) is 0. The van der Waals surface area contributed by atoms with Crippen LogP contribution in [0.25, 0.3) is 11.0 Å². The van der Waals surface area contributed by atoms with Crippen LogP contribution >= 0.6 is 22.9 Å². The molecule has 0 fully saturated rings. The number of aromatic nitrogens is 1. The van der Waals surface area contributed by atoms with Crippen molar-refractivity contribution in [3.05, 3.63) is 81.1 Å². The van der Waals surface area contributed by atoms with Crippen LogP contribution in [-0.2, 0) is 6.42 Å². The molecule has 2 aromatic carbocycles. The van der Waals surface area contributed by atoms with Crippen LogP contribution in [0.1, 0.15) is 20.9 Å². The molecule has 4 nitrogen and oxygen atoms in total. The fourth-order valence-electron chi connectivity index (χ4n) is 2.51. The molecule has 0 amide bonds. The first kappa shape index (κ1) is 15.9. The van der Waals surface area contributed by atoms with E-state index in [9.17, 15) is 4.79 Å². The largest absolute Gasteiger partial charge is 0.422 e. The van der Waals surface area contributed by atoms with Crippen molar-refractivity contribution in [2.45, 2.75) is 6.42 Å². The van der Waals surface area contributed by atoms with Crippen molar-refractivity contribution in [1.29, 1.82) is 0 Å². The van der Waals surface area contributed by atoms with Crippen molar-refractivity contribution >= 4 is 39.9 Å². The van der Waals surface area contributed by atoms with Gasteiger partial charge in [0.15, 0.2) is 5.58 Å². The van der Waals surface area contributed by atoms with Crippen LogP contribution in [0, 0.1) is 0 Å². The number of esters is 1. The second-order valence-electron chi connectivity index (χ2n) is 5.46. The molecule has 0 N–H and O–H groups in total. The third kappa shape index (κ3) is 3.43. The number of thiophene rings is 1. The van der Waals surface area contributed by atoms with Crippen molar-refractivity contribution in [2.24, 2.45) is 0 Å². The molecule has 2 aromatic heterocycles. The Morgan fingerprint density at radius 2 is 2.00 bits per heavy atom. The van der Waals surface area contributed by atoms with Crippen LogP contribution < -0.4 is 4.74 Å². The normalized spacial score (nSPS) is 10.9. The number of ether oxygens (including phenoxy) is 1. The second kappa shape index (κ2) is 6.70. The molecular weight excluding hydrogens is 358 g/mol. The summed E-state index contributed by atoms with van der Waals surface area (Å²) in [5, 5.41) is 7.56. The number of rotatable bonds is 4. The van der Waals surface area contributed by atoms with Crippen LogP contribution in [0.2, 0.25) is 5.02 Å². The lowest BCUT2D eigenvalue weighted by Crippen LogP contribution is -2.05. The van der Waals surface area contributed by atoms with Crippen molar-refractivity contribution in [1.82, 2.24) is 5.16 Å². The van der Waals surface area contributed by atoms with Gasteiger partial charge in [-0.2, -0.15) is 0 Å². The van der Waals surface area contributed by atoms with Gasteiger partial charge in [-0.25, -0.2) is 4.79 Å². The van der Waals surface area contributed by atoms with Crippen molar-refractivity contribution in [3.8, 4) is 5.75 Å². The highest BCUT2D eigenvalue weighted by Crippen LogP contribution is 2.26. The molecule has 0 saturated carbocycles. The van der Waals surface area contributed by atoms with Crippen molar-refractivity contribution in [2.75, 3.05) is 0 Å². The standard InChI is InChI=1S/C19H12ClNO3S/c20-13-5-3-12(4-6-13)10-16-15-8-7-14(11-17(15)24-21-16)23-19(22)18-2-1-9-25-18/h1-9,11H,10H2. The van der Waals surface area contributed by atoms with Crippen molar-refractivity contribution < 1.29 is 14.1 Å². The van der Waals surface area contributed by atoms with Crippen LogP contribution in [0.3, 0.4) is 0 Å². The van der Waals surface area contributed by atoms with Gasteiger partial charge in [0.1, 0.15) is 10.6 Å². The van der Waals surface area contributed by atoms with E-state index in [1.54, 1.807) is 18.2 Å². The van der Waals surface area contributed by atoms with E-state index in [-0.39, 0.29) is 5.97 Å². The first-order valence-corrected chi connectivity index (χ1v) is 8.83. The second-order valence-corrected chi connectivity index (χ2v) is 6.84. The van der Waals surface area contributed by atoms with E-state index in [0.717, 1.165) is 16.6 Å². The summed E-state index contributed by atoms with van der Waals surface area (Å²) in [4.78, 5) is 12.6. The molecule has 0 saturated heterocycles. The topological polar surface area (TPSA) is 52.3 Å². The summed E-state index contributed by atoms with van der Waals surface area (Å²) in [5.74, 6) is 0.0512. The summed E-state index contributed by atoms with van der Waals surface area (Å²) in [6, 6.07) is 16.4. The predicted octanol–water partition coefficient (Wildman–Crippen LogP) is 5.35. The number of benzene rings is 2. The Labute approximate surface area is 152 Å². The van der Waals surface area contributed by atoms with Gasteiger partial charge in [-0.15, -0.1) is 11.3 Å². The molecule has 25 heavy (non-hydrogen) atoms. The summed E-state index contributed by atoms with van der Waals surface area (Å²) in [5.41, 5.74) is 2.50. The minimum atomic E-state index is -0.379. The van der Waals surface area contributed by atoms with Crippen LogP contribution in [0.4, 0.5) is 0 Å². The highest BCUT2D eigenvalue weighted by Gasteiger charge is 2.13. The lowest BCUT2D eigenvalue weighted by Gasteiger charge is -2.02. The maximum atomic E-state index is 12.0. The average Bonchev–Trinajstić information content (AvgIpc) is 3.27. The number of nitrogens with zero attached hydrogens (tertiary/aromatic N) is 1. The number of fused-ring (bicyclic) bond motifs is 1. The Balaban J connectivity index is 1.56. The smallest absolute Gasteiger partial charge is 0.353 e. The fourth-order valence-corrected chi connectivity index (χ4v) is 3.23. The lowest BCUT2D eigenvalue weighted by molar-refractivity contribution is 0.0740. The Bertz CT molecular complexity index is 1020. The average molecular weight is 370 g/mol. The van der Waals surface area contributed by atoms with Gasteiger partial charge in [0, 0.05) is 22.9 Å². The van der Waals surface area contributed by atoms with Gasteiger partial charge in [0.2, 0.25) is 0 Å². The molecule has 4 rings (SSSR count). The number of halogens is 1. The minimum Gasteiger partial charge on any atom is -0.422 e. The molecular formula is C19H12ClNO3S. The van der Waals surface area contributed by atoms with Gasteiger partial charge in [-0.05, 0) is 41.3 Å². The summed E-state index contributed by atoms with van der Waals surface area (Å²) >= 11 is 7.25. The van der Waals surface area contributed by atoms with E-state index in [4.69, 9.17) is 20.9 Å². The van der Waals surface area contributed by atoms with Crippen LogP contribution in [0.5, 0.6) is 5.75 Å². The van der Waals surface area contributed by atoms with E-state index in [2.05, 4.69) is 5.16 Å². The quantitative estimate of drug-likeness (QED) is 0.359. The monoisotopic (exact) mass is 369 g/mol. The Morgan fingerprint density at radius 3 is 2.76 bits per heavy atom. The molecule has 2 heterocycles. The molecule has 0 spiro atoms. The zero-order valence-electron chi connectivity index (χ0n) is 12.9. The Hall–Kier alpha value is -2.63. The van der Waals surface area contributed by atoms with Gasteiger partial charge in [0.05, 0.1) is 5.69 Å². The minimum absolute atomic E-state index is 0.379. The third-order valence-electron chi connectivity index (χ3n) is 3.74. The van der Waals surface area contributed by atoms with Gasteiger partial charge in [-0.3, -0.25) is 0 Å². The van der Waals surface area contributed by atoms with E-state index in [0.29, 0.717) is 27.7 Å². The third-order valence-corrected chi connectivity index (χ3v) is 4.84.